The molecule has 0 bridgehead atoms. The quantitative estimate of drug-likeness (QED) is 0.115. The average Bonchev–Trinajstić information content (AvgIpc) is 1.49. The van der Waals surface area contributed by atoms with Crippen molar-refractivity contribution in [2.75, 3.05) is 0 Å². The minimum absolute atomic E-state index is 0. The van der Waals surface area contributed by atoms with E-state index in [0.717, 1.165) is 8.95 Å². The van der Waals surface area contributed by atoms with Crippen LogP contribution in [0.5, 0.6) is 0 Å². The predicted octanol–water partition coefficient (Wildman–Crippen LogP) is 12.4. The van der Waals surface area contributed by atoms with Gasteiger partial charge in [0.25, 0.3) is 0 Å². The fourth-order valence-electron chi connectivity index (χ4n) is 26.5. The van der Waals surface area contributed by atoms with Gasteiger partial charge in [-0.25, -0.2) is 0 Å². The number of hydrogen-bond acceptors (Lipinski definition) is 2. The summed E-state index contributed by atoms with van der Waals surface area (Å²) >= 11 is 11.3. The average molecular weight is 1880 g/mol. The monoisotopic (exact) mass is 1880 g/mol. The molecule has 4 heterocycles. The third kappa shape index (κ3) is 12.9. The summed E-state index contributed by atoms with van der Waals surface area (Å²) in [5, 5.41) is 0. The van der Waals surface area contributed by atoms with Gasteiger partial charge in [0.05, 0.1) is 10.8 Å². The van der Waals surface area contributed by atoms with Gasteiger partial charge in [0, 0.05) is 8.95 Å². The second-order valence-corrected chi connectivity index (χ2v) is 39.4. The van der Waals surface area contributed by atoms with Gasteiger partial charge in [-0.3, -0.25) is 0 Å². The van der Waals surface area contributed by atoms with Crippen LogP contribution in [0, 0.1) is 0 Å². The van der Waals surface area contributed by atoms with Crippen molar-refractivity contribution in [1.82, 2.24) is 0 Å². The SMILES string of the molecule is Brc1ccc2c(c1)-c1c(ccc3c1B(c1ccccc1)c1ccccc1B3c1ccccc1)C21c2ccc(Br)cc2-c2c1ccc1c2B(c2ccccc2)c2ccccc2B1c1ccccc1.C.C.[B]=NS.c1ccc(B2c3ccccc3B(c3ccccc3)c3c2ccc2c3-c3ccccc3C23c2ccccc2-c2c3ccc3c2B(c2ccccc2)c2ccccc2B3c2ccccc2)cc1. The maximum Gasteiger partial charge on any atom is 0.240 e. The van der Waals surface area contributed by atoms with Gasteiger partial charge < -0.3 is 0 Å². The summed E-state index contributed by atoms with van der Waals surface area (Å²) in [6, 6.07) is 180. The first kappa shape index (κ1) is 86.0. The van der Waals surface area contributed by atoms with Crippen LogP contribution in [0.3, 0.4) is 0 Å². The Morgan fingerprint density at radius 2 is 0.350 bits per heavy atom. The van der Waals surface area contributed by atoms with Gasteiger partial charge in [-0.15, -0.1) is 0 Å². The number of rotatable bonds is 8. The van der Waals surface area contributed by atoms with Gasteiger partial charge in [0.15, 0.2) is 0 Å². The number of halogens is 2. The molecule has 635 valence electrons. The third-order valence-corrected chi connectivity index (χ3v) is 32.2. The Balaban J connectivity index is 0.000000143. The summed E-state index contributed by atoms with van der Waals surface area (Å²) in [6.07, 6.45) is 0. The minimum Gasteiger partial charge on any atom is -0.0733 e. The Morgan fingerprint density at radius 3 is 0.577 bits per heavy atom. The van der Waals surface area contributed by atoms with Gasteiger partial charge in [0.1, 0.15) is 0 Å². The Bertz CT molecular complexity index is 7710. The molecule has 20 aromatic carbocycles. The summed E-state index contributed by atoms with van der Waals surface area (Å²) in [7, 11) is 4.34. The molecule has 20 aromatic rings. The summed E-state index contributed by atoms with van der Waals surface area (Å²) in [5.41, 5.74) is 53.6. The Morgan fingerprint density at radius 1 is 0.182 bits per heavy atom. The Labute approximate surface area is 831 Å². The van der Waals surface area contributed by atoms with E-state index in [1.54, 1.807) is 0 Å². The number of thiol groups is 1. The number of fused-ring (bicyclic) bond motifs is 32. The Hall–Kier alpha value is -13.9. The molecule has 0 amide bonds. The van der Waals surface area contributed by atoms with Gasteiger partial charge in [0.2, 0.25) is 53.7 Å². The van der Waals surface area contributed by atoms with Gasteiger partial charge in [-0.2, -0.15) is 0 Å². The van der Waals surface area contributed by atoms with Gasteiger partial charge >= 0.3 is 24.8 Å². The smallest absolute Gasteiger partial charge is 0.0733 e. The zero-order valence-electron chi connectivity index (χ0n) is 73.9. The number of benzene rings is 20. The van der Waals surface area contributed by atoms with Crippen LogP contribution in [-0.2, 0) is 10.8 Å². The minimum atomic E-state index is -0.582. The Kier molecular flexibility index (Phi) is 21.8. The molecular formula is C124H87B9Br2NS. The van der Waals surface area contributed by atoms with Crippen molar-refractivity contribution in [3.05, 3.63) is 527 Å². The van der Waals surface area contributed by atoms with Crippen LogP contribution in [0.15, 0.2) is 486 Å². The van der Waals surface area contributed by atoms with Crippen LogP contribution in [0.2, 0.25) is 0 Å². The van der Waals surface area contributed by atoms with E-state index in [1.807, 2.05) is 0 Å². The molecule has 28 rings (SSSR count). The van der Waals surface area contributed by atoms with Crippen LogP contribution < -0.4 is 131 Å². The summed E-state index contributed by atoms with van der Waals surface area (Å²) in [4.78, 5) is 0. The molecule has 0 unspecified atom stereocenters. The van der Waals surface area contributed by atoms with Crippen molar-refractivity contribution in [3.63, 3.8) is 0 Å². The van der Waals surface area contributed by atoms with E-state index in [4.69, 9.17) is 0 Å². The van der Waals surface area contributed by atoms with Gasteiger partial charge in [-0.1, -0.05) is 627 Å². The van der Waals surface area contributed by atoms with Crippen molar-refractivity contribution in [1.29, 1.82) is 0 Å². The maximum atomic E-state index is 4.34. The van der Waals surface area contributed by atoms with Crippen LogP contribution >= 0.6 is 44.7 Å². The van der Waals surface area contributed by atoms with E-state index in [9.17, 15) is 0 Å². The van der Waals surface area contributed by atoms with Crippen molar-refractivity contribution < 1.29 is 0 Å². The molecule has 0 atom stereocenters. The predicted molar refractivity (Wildman–Crippen MR) is 606 cm³/mol. The molecular weight excluding hydrogens is 1790 g/mol. The first-order valence-electron chi connectivity index (χ1n) is 47.1. The topological polar surface area (TPSA) is 12.4 Å². The molecule has 0 aromatic heterocycles. The van der Waals surface area contributed by atoms with E-state index in [-0.39, 0.29) is 68.6 Å². The van der Waals surface area contributed by atoms with E-state index in [1.165, 1.54) is 220 Å². The third-order valence-electron chi connectivity index (χ3n) is 31.2. The molecule has 1 nitrogen and oxygen atoms in total. The first-order valence-corrected chi connectivity index (χ1v) is 49.1. The van der Waals surface area contributed by atoms with Crippen molar-refractivity contribution in [2.24, 2.45) is 4.30 Å². The van der Waals surface area contributed by atoms with E-state index < -0.39 is 10.8 Å². The van der Waals surface area contributed by atoms with Crippen LogP contribution in [0.1, 0.15) is 59.4 Å². The molecule has 13 heteroatoms. The zero-order chi connectivity index (χ0) is 89.7. The molecule has 2 spiro atoms. The molecule has 1 radical (unpaired) electrons. The van der Waals surface area contributed by atoms with Crippen molar-refractivity contribution >= 4 is 237 Å². The maximum absolute atomic E-state index is 4.34. The van der Waals surface area contributed by atoms with Crippen LogP contribution in [0.25, 0.3) is 44.5 Å². The van der Waals surface area contributed by atoms with Crippen LogP contribution in [0.4, 0.5) is 0 Å². The second kappa shape index (κ2) is 34.7. The van der Waals surface area contributed by atoms with Crippen molar-refractivity contribution in [2.45, 2.75) is 25.7 Å². The van der Waals surface area contributed by atoms with E-state index in [0.29, 0.717) is 0 Å². The van der Waals surface area contributed by atoms with E-state index >= 15 is 0 Å². The zero-order valence-corrected chi connectivity index (χ0v) is 77.9. The van der Waals surface area contributed by atoms with E-state index in [2.05, 4.69) is 530 Å². The molecule has 0 N–H and O–H groups in total. The largest absolute Gasteiger partial charge is 0.240 e. The fourth-order valence-corrected chi connectivity index (χ4v) is 27.2. The fraction of sp³-hybridized carbons (Fsp3) is 0.0323. The summed E-state index contributed by atoms with van der Waals surface area (Å²) in [5.74, 6) is 0. The van der Waals surface area contributed by atoms with Gasteiger partial charge in [-0.05, 0) is 113 Å². The van der Waals surface area contributed by atoms with Crippen molar-refractivity contribution in [3.8, 4) is 44.5 Å². The molecule has 4 aliphatic heterocycles. The molecule has 0 saturated carbocycles. The number of nitrogens with zero attached hydrogens (tertiary/aromatic N) is 1. The van der Waals surface area contributed by atoms with Crippen LogP contribution in [-0.4, -0.2) is 61.3 Å². The molecule has 137 heavy (non-hydrogen) atoms. The molecule has 0 saturated heterocycles. The number of hydrogen-bond donors (Lipinski definition) is 1. The summed E-state index contributed by atoms with van der Waals surface area (Å²) in [6.45, 7) is 0.556. The first-order chi connectivity index (χ1) is 66.8. The second-order valence-electron chi connectivity index (χ2n) is 37.3. The standard InChI is InChI=1S/C61H38B4Br2.C61H40B4.2CH4.BHNS/c66-43-29-31-47-45(37-43)57-49(33-35-55-59(57)64(41-21-9-3-10-22-41)53-27-15-13-25-51(53)62(55)39-17-5-1-6-18-39)61(47)48-32-30-44(67)38-46(48)58-50(61)34-36-56-60(58)65(42-23-11-4-12-24-42)54-28-16-14-26-52(54)63(56)40-19-7-2-8-20-40;1-5-21-41(22-6-1)62-51-33-17-19-35-53(51)64(43-25-9-3-10-26-43)59-55(62)39-37-49-57(59)45-29-13-15-31-47(45)61(49)48-32-16-14-30-46(48)58-50(61)38-40-56-60(58)65(44-27-11-4-12-28-44)54-36-20-18-34-52(54)63(56)42-23-7-2-8-24-42;;;1-2-3/h1-38H;1-40H;2*1H4;3H. The normalized spacial score (nSPS) is 13.7. The summed E-state index contributed by atoms with van der Waals surface area (Å²) < 4.78 is 4.87. The molecule has 0 fully saturated rings. The molecule has 8 aliphatic rings. The molecule has 4 aliphatic carbocycles.